The summed E-state index contributed by atoms with van der Waals surface area (Å²) in [5, 5.41) is 14.0. The van der Waals surface area contributed by atoms with Crippen molar-refractivity contribution < 1.29 is 49.0 Å². The molecule has 2 fully saturated rings. The number of carbonyl (C=O) groups is 1. The van der Waals surface area contributed by atoms with Crippen molar-refractivity contribution in [2.24, 2.45) is 16.2 Å². The maximum absolute atomic E-state index is 13.5. The van der Waals surface area contributed by atoms with Crippen LogP contribution in [0.5, 0.6) is 0 Å². The average molecular weight is 562 g/mol. The Morgan fingerprint density at radius 2 is 1.61 bits per heavy atom. The van der Waals surface area contributed by atoms with Crippen molar-refractivity contribution in [3.63, 3.8) is 0 Å². The van der Waals surface area contributed by atoms with Gasteiger partial charge in [-0.2, -0.15) is 39.5 Å². The van der Waals surface area contributed by atoms with Gasteiger partial charge in [0.2, 0.25) is 0 Å². The number of ether oxygens (including phenoxy) is 1. The molecule has 2 heterocycles. The number of piperidine rings is 1. The molecule has 3 rings (SSSR count). The van der Waals surface area contributed by atoms with Crippen LogP contribution in [-0.4, -0.2) is 65.4 Å². The smallest absolute Gasteiger partial charge is 0.426 e. The van der Waals surface area contributed by atoms with E-state index in [4.69, 9.17) is 11.3 Å². The SMILES string of the molecule is N=C(N=NN)c1cc(CN2CCCC23CCN(C(=O)OC(C(F)(F)F)C(F)(F)F)CC3)cc(C(F)(F)F)c1. The molecule has 1 aromatic rings. The Labute approximate surface area is 210 Å². The average Bonchev–Trinajstić information content (AvgIpc) is 3.16. The second kappa shape index (κ2) is 10.6. The first kappa shape index (κ1) is 29.4. The van der Waals surface area contributed by atoms with Gasteiger partial charge in [-0.3, -0.25) is 10.3 Å². The van der Waals surface area contributed by atoms with E-state index >= 15 is 0 Å². The first-order valence-corrected chi connectivity index (χ1v) is 11.2. The van der Waals surface area contributed by atoms with E-state index in [0.717, 1.165) is 17.0 Å². The summed E-state index contributed by atoms with van der Waals surface area (Å²) in [6, 6.07) is 2.99. The van der Waals surface area contributed by atoms with Gasteiger partial charge in [0.1, 0.15) is 0 Å². The second-order valence-electron chi connectivity index (χ2n) is 9.06. The minimum Gasteiger partial charge on any atom is -0.426 e. The van der Waals surface area contributed by atoms with E-state index in [0.29, 0.717) is 19.4 Å². The van der Waals surface area contributed by atoms with Gasteiger partial charge < -0.3 is 15.5 Å². The highest BCUT2D eigenvalue weighted by molar-refractivity contribution is 5.97. The number of halogens is 9. The van der Waals surface area contributed by atoms with Crippen LogP contribution in [0.4, 0.5) is 44.3 Å². The van der Waals surface area contributed by atoms with Crippen LogP contribution in [0.2, 0.25) is 0 Å². The summed E-state index contributed by atoms with van der Waals surface area (Å²) in [6.07, 6.45) is -20.9. The maximum atomic E-state index is 13.5. The fourth-order valence-corrected chi connectivity index (χ4v) is 4.83. The number of amidine groups is 1. The fraction of sp³-hybridized carbons (Fsp3) is 0.619. The summed E-state index contributed by atoms with van der Waals surface area (Å²) in [4.78, 5) is 14.7. The first-order chi connectivity index (χ1) is 17.5. The van der Waals surface area contributed by atoms with Gasteiger partial charge in [0, 0.05) is 30.7 Å². The molecule has 0 saturated carbocycles. The molecule has 1 aromatic carbocycles. The number of amides is 1. The van der Waals surface area contributed by atoms with Crippen LogP contribution in [0, 0.1) is 5.41 Å². The summed E-state index contributed by atoms with van der Waals surface area (Å²) in [6.45, 7) is 0.0686. The molecule has 3 N–H and O–H groups in total. The zero-order chi connectivity index (χ0) is 28.5. The Morgan fingerprint density at radius 1 is 1.00 bits per heavy atom. The van der Waals surface area contributed by atoms with Gasteiger partial charge in [0.05, 0.1) is 5.56 Å². The predicted molar refractivity (Wildman–Crippen MR) is 113 cm³/mol. The molecule has 1 spiro atoms. The van der Waals surface area contributed by atoms with Crippen molar-refractivity contribution >= 4 is 11.9 Å². The third-order valence-corrected chi connectivity index (χ3v) is 6.63. The number of nitrogens with one attached hydrogen (secondary N) is 1. The van der Waals surface area contributed by atoms with Crippen LogP contribution >= 0.6 is 0 Å². The van der Waals surface area contributed by atoms with E-state index in [1.807, 2.05) is 4.90 Å². The van der Waals surface area contributed by atoms with Crippen molar-refractivity contribution in [1.29, 1.82) is 5.41 Å². The quantitative estimate of drug-likeness (QED) is 0.128. The first-order valence-electron chi connectivity index (χ1n) is 11.2. The minimum atomic E-state index is -5.83. The minimum absolute atomic E-state index is 0.0125. The summed E-state index contributed by atoms with van der Waals surface area (Å²) in [5.41, 5.74) is -1.62. The lowest BCUT2D eigenvalue weighted by Gasteiger charge is -2.45. The number of likely N-dealkylation sites (tertiary alicyclic amines) is 2. The van der Waals surface area contributed by atoms with Gasteiger partial charge in [0.25, 0.3) is 6.10 Å². The fourth-order valence-electron chi connectivity index (χ4n) is 4.83. The van der Waals surface area contributed by atoms with E-state index in [1.165, 1.54) is 6.07 Å². The molecule has 0 aromatic heterocycles. The standard InChI is InChI=1S/C21H23F9N6O2/c22-19(23,24)14-9-12(8-13(10-14)15(31)33-34-32)11-36-5-1-2-18(36)3-6-35(7-4-18)17(37)38-16(20(25,26)27)21(28,29)30/h8-10,16H,1-7,11H2,(H3,31,32,33). The van der Waals surface area contributed by atoms with Crippen LogP contribution in [0.25, 0.3) is 0 Å². The summed E-state index contributed by atoms with van der Waals surface area (Å²) >= 11 is 0. The topological polar surface area (TPSA) is 107 Å². The van der Waals surface area contributed by atoms with Crippen molar-refractivity contribution in [3.8, 4) is 0 Å². The van der Waals surface area contributed by atoms with Crippen LogP contribution in [0.3, 0.4) is 0 Å². The lowest BCUT2D eigenvalue weighted by Crippen LogP contribution is -2.54. The third-order valence-electron chi connectivity index (χ3n) is 6.63. The normalized spacial score (nSPS) is 19.1. The zero-order valence-electron chi connectivity index (χ0n) is 19.6. The lowest BCUT2D eigenvalue weighted by atomic mass is 9.84. The molecule has 38 heavy (non-hydrogen) atoms. The number of benzene rings is 1. The molecule has 2 aliphatic rings. The molecule has 0 aliphatic carbocycles. The molecule has 2 aliphatic heterocycles. The molecule has 212 valence electrons. The Bertz CT molecular complexity index is 1050. The molecule has 0 atom stereocenters. The van der Waals surface area contributed by atoms with Crippen LogP contribution in [0.1, 0.15) is 42.4 Å². The number of nitrogens with two attached hydrogens (primary N) is 1. The lowest BCUT2D eigenvalue weighted by molar-refractivity contribution is -0.308. The van der Waals surface area contributed by atoms with Gasteiger partial charge in [0.15, 0.2) is 5.84 Å². The van der Waals surface area contributed by atoms with Gasteiger partial charge >= 0.3 is 24.6 Å². The molecular weight excluding hydrogens is 539 g/mol. The van der Waals surface area contributed by atoms with Crippen molar-refractivity contribution in [1.82, 2.24) is 9.80 Å². The predicted octanol–water partition coefficient (Wildman–Crippen LogP) is 5.42. The number of hydrogen-bond acceptors (Lipinski definition) is 5. The molecule has 0 unspecified atom stereocenters. The Kier molecular flexibility index (Phi) is 8.19. The number of nitrogens with zero attached hydrogens (tertiary/aromatic N) is 4. The van der Waals surface area contributed by atoms with Gasteiger partial charge in [-0.25, -0.2) is 4.79 Å². The van der Waals surface area contributed by atoms with Crippen LogP contribution < -0.4 is 5.84 Å². The molecule has 2 saturated heterocycles. The Morgan fingerprint density at radius 3 is 2.13 bits per heavy atom. The summed E-state index contributed by atoms with van der Waals surface area (Å²) in [5.74, 6) is 4.31. The van der Waals surface area contributed by atoms with Gasteiger partial charge in [-0.15, -0.1) is 5.11 Å². The maximum Gasteiger partial charge on any atom is 0.434 e. The third kappa shape index (κ3) is 6.66. The number of rotatable bonds is 4. The van der Waals surface area contributed by atoms with Crippen molar-refractivity contribution in [3.05, 3.63) is 34.9 Å². The molecular formula is C21H23F9N6O2. The molecule has 1 amide bonds. The summed E-state index contributed by atoms with van der Waals surface area (Å²) < 4.78 is 121. The second-order valence-corrected chi connectivity index (χ2v) is 9.06. The van der Waals surface area contributed by atoms with Gasteiger partial charge in [-0.1, -0.05) is 5.22 Å². The molecule has 0 bridgehead atoms. The van der Waals surface area contributed by atoms with Crippen LogP contribution in [-0.2, 0) is 17.5 Å². The number of carbonyl (C=O) groups excluding carboxylic acids is 1. The van der Waals surface area contributed by atoms with Crippen molar-refractivity contribution in [2.45, 2.75) is 62.4 Å². The highest BCUT2D eigenvalue weighted by Gasteiger charge is 2.60. The van der Waals surface area contributed by atoms with E-state index in [1.54, 1.807) is 0 Å². The van der Waals surface area contributed by atoms with Crippen molar-refractivity contribution in [2.75, 3.05) is 19.6 Å². The molecule has 8 nitrogen and oxygen atoms in total. The summed E-state index contributed by atoms with van der Waals surface area (Å²) in [7, 11) is 0. The largest absolute Gasteiger partial charge is 0.434 e. The van der Waals surface area contributed by atoms with E-state index in [9.17, 15) is 44.3 Å². The molecule has 17 heteroatoms. The monoisotopic (exact) mass is 562 g/mol. The highest BCUT2D eigenvalue weighted by Crippen LogP contribution is 2.41. The van der Waals surface area contributed by atoms with Crippen LogP contribution in [0.15, 0.2) is 28.5 Å². The Balaban J connectivity index is 1.74. The Hall–Kier alpha value is -3.11. The number of hydrogen-bond donors (Lipinski definition) is 2. The van der Waals surface area contributed by atoms with E-state index in [2.05, 4.69) is 15.1 Å². The molecule has 0 radical (unpaired) electrons. The van der Waals surface area contributed by atoms with Gasteiger partial charge in [-0.05, 0) is 56.0 Å². The number of alkyl halides is 9. The van der Waals surface area contributed by atoms with E-state index in [-0.39, 0.29) is 43.6 Å². The highest BCUT2D eigenvalue weighted by atomic mass is 19.4. The zero-order valence-corrected chi connectivity index (χ0v) is 19.6. The van der Waals surface area contributed by atoms with E-state index < -0.39 is 47.7 Å².